The number of nitrogens with two attached hydrogens (primary N) is 1. The van der Waals surface area contributed by atoms with Gasteiger partial charge in [-0.15, -0.1) is 0 Å². The molecule has 2 aromatic rings. The standard InChI is InChI=1S/C13H14FN3O3/c1-2-7-5-17-12(20-7)6-16-11-4-9(14)8(13(18)19)3-10(11)15/h3-5,16H,2,6,15H2,1H3,(H,18,19). The number of anilines is 2. The zero-order chi connectivity index (χ0) is 14.7. The van der Waals surface area contributed by atoms with Gasteiger partial charge in [0, 0.05) is 6.42 Å². The third kappa shape index (κ3) is 2.87. The Labute approximate surface area is 114 Å². The van der Waals surface area contributed by atoms with Crippen molar-refractivity contribution in [2.75, 3.05) is 11.1 Å². The van der Waals surface area contributed by atoms with E-state index in [0.29, 0.717) is 11.6 Å². The largest absolute Gasteiger partial charge is 0.478 e. The van der Waals surface area contributed by atoms with Crippen molar-refractivity contribution in [3.8, 4) is 0 Å². The molecule has 0 saturated carbocycles. The highest BCUT2D eigenvalue weighted by Gasteiger charge is 2.14. The number of carbonyl (C=O) groups is 1. The van der Waals surface area contributed by atoms with E-state index in [4.69, 9.17) is 15.3 Å². The molecule has 0 bridgehead atoms. The minimum atomic E-state index is -1.36. The maximum atomic E-state index is 13.5. The smallest absolute Gasteiger partial charge is 0.338 e. The van der Waals surface area contributed by atoms with Gasteiger partial charge >= 0.3 is 5.97 Å². The topological polar surface area (TPSA) is 101 Å². The molecule has 7 heteroatoms. The summed E-state index contributed by atoms with van der Waals surface area (Å²) in [4.78, 5) is 14.8. The number of carboxylic acid groups (broad SMARTS) is 1. The van der Waals surface area contributed by atoms with E-state index in [2.05, 4.69) is 10.3 Å². The molecule has 0 fully saturated rings. The van der Waals surface area contributed by atoms with Gasteiger partial charge in [-0.1, -0.05) is 6.92 Å². The first-order chi connectivity index (χ1) is 9.51. The molecule has 0 spiro atoms. The molecule has 20 heavy (non-hydrogen) atoms. The molecule has 0 unspecified atom stereocenters. The lowest BCUT2D eigenvalue weighted by atomic mass is 10.1. The zero-order valence-corrected chi connectivity index (χ0v) is 10.8. The zero-order valence-electron chi connectivity index (χ0n) is 10.8. The van der Waals surface area contributed by atoms with Crippen LogP contribution in [0, 0.1) is 5.82 Å². The monoisotopic (exact) mass is 279 g/mol. The van der Waals surface area contributed by atoms with Gasteiger partial charge in [-0.25, -0.2) is 14.2 Å². The Hall–Kier alpha value is -2.57. The molecule has 2 rings (SSSR count). The van der Waals surface area contributed by atoms with E-state index >= 15 is 0 Å². The Morgan fingerprint density at radius 2 is 2.30 bits per heavy atom. The number of nitrogens with zero attached hydrogens (tertiary/aromatic N) is 1. The van der Waals surface area contributed by atoms with Gasteiger partial charge in [0.1, 0.15) is 11.6 Å². The first-order valence-corrected chi connectivity index (χ1v) is 6.01. The number of rotatable bonds is 5. The van der Waals surface area contributed by atoms with E-state index in [9.17, 15) is 9.18 Å². The van der Waals surface area contributed by atoms with Crippen LogP contribution in [0.25, 0.3) is 0 Å². The predicted molar refractivity (Wildman–Crippen MR) is 71.0 cm³/mol. The Balaban J connectivity index is 2.13. The number of oxazole rings is 1. The minimum Gasteiger partial charge on any atom is -0.478 e. The SMILES string of the molecule is CCc1cnc(CNc2cc(F)c(C(=O)O)cc2N)o1. The van der Waals surface area contributed by atoms with Crippen LogP contribution in [0.15, 0.2) is 22.7 Å². The maximum Gasteiger partial charge on any atom is 0.338 e. The molecule has 0 aliphatic carbocycles. The van der Waals surface area contributed by atoms with Crippen LogP contribution < -0.4 is 11.1 Å². The van der Waals surface area contributed by atoms with Crippen LogP contribution in [0.3, 0.4) is 0 Å². The van der Waals surface area contributed by atoms with Gasteiger partial charge in [-0.05, 0) is 12.1 Å². The van der Waals surface area contributed by atoms with Gasteiger partial charge in [0.2, 0.25) is 5.89 Å². The number of halogens is 1. The molecule has 1 aromatic carbocycles. The third-order valence-corrected chi connectivity index (χ3v) is 2.75. The Kier molecular flexibility index (Phi) is 3.88. The number of carboxylic acids is 1. The molecule has 106 valence electrons. The van der Waals surface area contributed by atoms with Gasteiger partial charge < -0.3 is 20.6 Å². The lowest BCUT2D eigenvalue weighted by Crippen LogP contribution is -2.07. The third-order valence-electron chi connectivity index (χ3n) is 2.75. The van der Waals surface area contributed by atoms with Gasteiger partial charge in [0.15, 0.2) is 0 Å². The van der Waals surface area contributed by atoms with Crippen molar-refractivity contribution in [1.29, 1.82) is 0 Å². The van der Waals surface area contributed by atoms with E-state index in [1.807, 2.05) is 6.92 Å². The fourth-order valence-electron chi connectivity index (χ4n) is 1.67. The summed E-state index contributed by atoms with van der Waals surface area (Å²) in [6, 6.07) is 2.12. The number of hydrogen-bond acceptors (Lipinski definition) is 5. The van der Waals surface area contributed by atoms with E-state index in [0.717, 1.165) is 24.3 Å². The van der Waals surface area contributed by atoms with Crippen molar-refractivity contribution in [1.82, 2.24) is 4.98 Å². The number of hydrogen-bond donors (Lipinski definition) is 3. The Bertz CT molecular complexity index is 640. The molecule has 0 aliphatic rings. The van der Waals surface area contributed by atoms with Crippen LogP contribution >= 0.6 is 0 Å². The molecule has 0 amide bonds. The Morgan fingerprint density at radius 1 is 1.55 bits per heavy atom. The quantitative estimate of drug-likeness (QED) is 0.726. The van der Waals surface area contributed by atoms with E-state index in [-0.39, 0.29) is 12.2 Å². The number of aryl methyl sites for hydroxylation is 1. The molecule has 0 radical (unpaired) electrons. The van der Waals surface area contributed by atoms with Crippen molar-refractivity contribution >= 4 is 17.3 Å². The summed E-state index contributed by atoms with van der Waals surface area (Å²) >= 11 is 0. The second-order valence-electron chi connectivity index (χ2n) is 4.15. The van der Waals surface area contributed by atoms with Gasteiger partial charge in [0.05, 0.1) is 29.7 Å². The number of benzene rings is 1. The highest BCUT2D eigenvalue weighted by atomic mass is 19.1. The average Bonchev–Trinajstić information content (AvgIpc) is 2.87. The normalized spacial score (nSPS) is 10.5. The summed E-state index contributed by atoms with van der Waals surface area (Å²) in [5.74, 6) is -1.01. The molecule has 4 N–H and O–H groups in total. The fourth-order valence-corrected chi connectivity index (χ4v) is 1.67. The molecular formula is C13H14FN3O3. The van der Waals surface area contributed by atoms with Crippen LogP contribution in [0.1, 0.15) is 28.9 Å². The molecule has 6 nitrogen and oxygen atoms in total. The van der Waals surface area contributed by atoms with Crippen LogP contribution in [-0.4, -0.2) is 16.1 Å². The van der Waals surface area contributed by atoms with E-state index in [1.165, 1.54) is 0 Å². The summed E-state index contributed by atoms with van der Waals surface area (Å²) in [6.45, 7) is 2.17. The van der Waals surface area contributed by atoms with Crippen molar-refractivity contribution in [3.05, 3.63) is 41.4 Å². The van der Waals surface area contributed by atoms with Crippen molar-refractivity contribution in [2.45, 2.75) is 19.9 Å². The van der Waals surface area contributed by atoms with E-state index < -0.39 is 17.3 Å². The molecule has 0 saturated heterocycles. The maximum absolute atomic E-state index is 13.5. The predicted octanol–water partition coefficient (Wildman–Crippen LogP) is 2.27. The highest BCUT2D eigenvalue weighted by molar-refractivity contribution is 5.90. The summed E-state index contributed by atoms with van der Waals surface area (Å²) in [6.07, 6.45) is 2.35. The summed E-state index contributed by atoms with van der Waals surface area (Å²) in [5, 5.41) is 11.6. The second kappa shape index (κ2) is 5.60. The molecular weight excluding hydrogens is 265 g/mol. The van der Waals surface area contributed by atoms with Crippen molar-refractivity contribution in [2.24, 2.45) is 0 Å². The molecule has 0 aliphatic heterocycles. The summed E-state index contributed by atoms with van der Waals surface area (Å²) < 4.78 is 18.9. The van der Waals surface area contributed by atoms with Crippen LogP contribution in [-0.2, 0) is 13.0 Å². The van der Waals surface area contributed by atoms with Crippen molar-refractivity contribution < 1.29 is 18.7 Å². The van der Waals surface area contributed by atoms with Crippen molar-refractivity contribution in [3.63, 3.8) is 0 Å². The number of nitrogens with one attached hydrogen (secondary N) is 1. The van der Waals surface area contributed by atoms with Gasteiger partial charge in [-0.3, -0.25) is 0 Å². The van der Waals surface area contributed by atoms with Crippen LogP contribution in [0.2, 0.25) is 0 Å². The molecule has 1 aromatic heterocycles. The summed E-state index contributed by atoms with van der Waals surface area (Å²) in [5.41, 5.74) is 5.66. The van der Waals surface area contributed by atoms with Gasteiger partial charge in [-0.2, -0.15) is 0 Å². The summed E-state index contributed by atoms with van der Waals surface area (Å²) in [7, 11) is 0. The van der Waals surface area contributed by atoms with E-state index in [1.54, 1.807) is 6.20 Å². The first kappa shape index (κ1) is 13.9. The number of aromatic carboxylic acids is 1. The fraction of sp³-hybridized carbons (Fsp3) is 0.231. The number of aromatic nitrogens is 1. The molecule has 1 heterocycles. The lowest BCUT2D eigenvalue weighted by Gasteiger charge is -2.09. The minimum absolute atomic E-state index is 0.145. The highest BCUT2D eigenvalue weighted by Crippen LogP contribution is 2.23. The first-order valence-electron chi connectivity index (χ1n) is 6.01. The van der Waals surface area contributed by atoms with Crippen LogP contribution in [0.5, 0.6) is 0 Å². The van der Waals surface area contributed by atoms with Gasteiger partial charge in [0.25, 0.3) is 0 Å². The second-order valence-corrected chi connectivity index (χ2v) is 4.15. The Morgan fingerprint density at radius 3 is 2.90 bits per heavy atom. The lowest BCUT2D eigenvalue weighted by molar-refractivity contribution is 0.0692. The molecule has 0 atom stereocenters. The van der Waals surface area contributed by atoms with Crippen LogP contribution in [0.4, 0.5) is 15.8 Å². The average molecular weight is 279 g/mol. The number of nitrogen functional groups attached to an aromatic ring is 1.